The molecule has 1 saturated heterocycles. The number of benzene rings is 2. The summed E-state index contributed by atoms with van der Waals surface area (Å²) < 4.78 is 31.8. The van der Waals surface area contributed by atoms with Crippen LogP contribution in [-0.4, -0.2) is 38.1 Å². The van der Waals surface area contributed by atoms with Crippen LogP contribution in [0.4, 0.5) is 20.2 Å². The van der Waals surface area contributed by atoms with E-state index in [0.29, 0.717) is 35.8 Å². The number of nitrogens with zero attached hydrogens (tertiary/aromatic N) is 1. The SMILES string of the molecule is O=C1COc2cc(C(=O)NCC3CCN(c4ccc(F)c(F)c4)C3)ccc2N1. The number of carbonyl (C=O) groups excluding carboxylic acids is 2. The molecule has 6 nitrogen and oxygen atoms in total. The highest BCUT2D eigenvalue weighted by molar-refractivity contribution is 5.99. The number of amides is 2. The molecule has 2 aromatic rings. The number of carbonyl (C=O) groups is 2. The van der Waals surface area contributed by atoms with Crippen LogP contribution in [0.15, 0.2) is 36.4 Å². The number of halogens is 2. The summed E-state index contributed by atoms with van der Waals surface area (Å²) in [5.74, 6) is -1.49. The van der Waals surface area contributed by atoms with Gasteiger partial charge in [0.15, 0.2) is 18.2 Å². The molecule has 1 fully saturated rings. The minimum atomic E-state index is -0.861. The van der Waals surface area contributed by atoms with Crippen molar-refractivity contribution in [1.29, 1.82) is 0 Å². The quantitative estimate of drug-likeness (QED) is 0.846. The first-order valence-electron chi connectivity index (χ1n) is 9.04. The molecule has 0 aromatic heterocycles. The normalized spacial score (nSPS) is 18.3. The Balaban J connectivity index is 1.33. The highest BCUT2D eigenvalue weighted by atomic mass is 19.2. The molecule has 0 saturated carbocycles. The van der Waals surface area contributed by atoms with Crippen LogP contribution >= 0.6 is 0 Å². The summed E-state index contributed by atoms with van der Waals surface area (Å²) in [6.07, 6.45) is 0.846. The summed E-state index contributed by atoms with van der Waals surface area (Å²) in [5, 5.41) is 5.59. The van der Waals surface area contributed by atoms with Gasteiger partial charge in [-0.05, 0) is 42.7 Å². The third-order valence-corrected chi connectivity index (χ3v) is 4.98. The molecule has 2 aliphatic heterocycles. The zero-order valence-electron chi connectivity index (χ0n) is 15.0. The molecular weight excluding hydrogens is 368 g/mol. The van der Waals surface area contributed by atoms with Gasteiger partial charge in [-0.1, -0.05) is 0 Å². The summed E-state index contributed by atoms with van der Waals surface area (Å²) in [7, 11) is 0. The molecule has 2 amide bonds. The smallest absolute Gasteiger partial charge is 0.262 e. The Morgan fingerprint density at radius 3 is 2.89 bits per heavy atom. The number of rotatable bonds is 4. The number of hydrogen-bond acceptors (Lipinski definition) is 4. The Morgan fingerprint density at radius 2 is 2.07 bits per heavy atom. The van der Waals surface area contributed by atoms with E-state index in [1.807, 2.05) is 4.90 Å². The lowest BCUT2D eigenvalue weighted by Gasteiger charge is -2.19. The second-order valence-corrected chi connectivity index (χ2v) is 6.96. The van der Waals surface area contributed by atoms with Gasteiger partial charge in [-0.2, -0.15) is 0 Å². The lowest BCUT2D eigenvalue weighted by molar-refractivity contribution is -0.118. The second-order valence-electron chi connectivity index (χ2n) is 6.96. The van der Waals surface area contributed by atoms with E-state index in [9.17, 15) is 18.4 Å². The van der Waals surface area contributed by atoms with Crippen LogP contribution in [0.2, 0.25) is 0 Å². The van der Waals surface area contributed by atoms with Gasteiger partial charge in [0.1, 0.15) is 5.75 Å². The first-order valence-corrected chi connectivity index (χ1v) is 9.04. The molecule has 4 rings (SSSR count). The maximum absolute atomic E-state index is 13.4. The molecule has 0 radical (unpaired) electrons. The molecule has 0 aliphatic carbocycles. The van der Waals surface area contributed by atoms with Crippen molar-refractivity contribution in [1.82, 2.24) is 5.32 Å². The first-order chi connectivity index (χ1) is 13.5. The highest BCUT2D eigenvalue weighted by Crippen LogP contribution is 2.29. The van der Waals surface area contributed by atoms with Crippen molar-refractivity contribution in [2.75, 3.05) is 36.5 Å². The van der Waals surface area contributed by atoms with Crippen LogP contribution in [-0.2, 0) is 4.79 Å². The molecule has 2 N–H and O–H groups in total. The minimum absolute atomic E-state index is 0.0695. The Bertz CT molecular complexity index is 935. The number of anilines is 2. The summed E-state index contributed by atoms with van der Waals surface area (Å²) >= 11 is 0. The van der Waals surface area contributed by atoms with Crippen molar-refractivity contribution in [3.05, 3.63) is 53.6 Å². The number of fused-ring (bicyclic) bond motifs is 1. The van der Waals surface area contributed by atoms with Gasteiger partial charge in [-0.3, -0.25) is 9.59 Å². The van der Waals surface area contributed by atoms with E-state index in [1.54, 1.807) is 24.3 Å². The fourth-order valence-electron chi connectivity index (χ4n) is 3.47. The first kappa shape index (κ1) is 18.2. The summed E-state index contributed by atoms with van der Waals surface area (Å²) in [6.45, 7) is 1.79. The fourth-order valence-corrected chi connectivity index (χ4v) is 3.47. The Hall–Kier alpha value is -3.16. The number of hydrogen-bond donors (Lipinski definition) is 2. The zero-order valence-corrected chi connectivity index (χ0v) is 15.0. The van der Waals surface area contributed by atoms with Gasteiger partial charge in [-0.15, -0.1) is 0 Å². The van der Waals surface area contributed by atoms with Crippen molar-refractivity contribution in [3.63, 3.8) is 0 Å². The van der Waals surface area contributed by atoms with E-state index >= 15 is 0 Å². The van der Waals surface area contributed by atoms with E-state index in [0.717, 1.165) is 19.0 Å². The Kier molecular flexibility index (Phi) is 4.85. The van der Waals surface area contributed by atoms with Crippen LogP contribution in [0.1, 0.15) is 16.8 Å². The summed E-state index contributed by atoms with van der Waals surface area (Å²) in [5.41, 5.74) is 1.64. The highest BCUT2D eigenvalue weighted by Gasteiger charge is 2.24. The standard InChI is InChI=1S/C20H19F2N3O3/c21-15-3-2-14(8-16(15)22)25-6-5-12(10-25)9-23-20(27)13-1-4-17-18(7-13)28-11-19(26)24-17/h1-4,7-8,12H,5-6,9-11H2,(H,23,27)(H,24,26). The summed E-state index contributed by atoms with van der Waals surface area (Å²) in [6, 6.07) is 8.76. The molecule has 28 heavy (non-hydrogen) atoms. The number of ether oxygens (including phenoxy) is 1. The van der Waals surface area contributed by atoms with Crippen LogP contribution in [0.3, 0.4) is 0 Å². The summed E-state index contributed by atoms with van der Waals surface area (Å²) in [4.78, 5) is 25.7. The second kappa shape index (κ2) is 7.46. The Labute approximate surface area is 160 Å². The van der Waals surface area contributed by atoms with Crippen LogP contribution in [0.5, 0.6) is 5.75 Å². The van der Waals surface area contributed by atoms with E-state index < -0.39 is 11.6 Å². The fraction of sp³-hybridized carbons (Fsp3) is 0.300. The van der Waals surface area contributed by atoms with Crippen LogP contribution < -0.4 is 20.3 Å². The Morgan fingerprint density at radius 1 is 1.21 bits per heavy atom. The predicted octanol–water partition coefficient (Wildman–Crippen LogP) is 2.55. The average molecular weight is 387 g/mol. The maximum atomic E-state index is 13.4. The third-order valence-electron chi connectivity index (χ3n) is 4.98. The lowest BCUT2D eigenvalue weighted by atomic mass is 10.1. The zero-order chi connectivity index (χ0) is 19.7. The molecule has 2 aromatic carbocycles. The van der Waals surface area contributed by atoms with E-state index in [-0.39, 0.29) is 24.3 Å². The molecule has 0 spiro atoms. The van der Waals surface area contributed by atoms with Crippen molar-refractivity contribution in [3.8, 4) is 5.75 Å². The van der Waals surface area contributed by atoms with Crippen molar-refractivity contribution in [2.45, 2.75) is 6.42 Å². The third kappa shape index (κ3) is 3.76. The van der Waals surface area contributed by atoms with Gasteiger partial charge in [0.2, 0.25) is 0 Å². The molecule has 1 unspecified atom stereocenters. The van der Waals surface area contributed by atoms with Crippen molar-refractivity contribution >= 4 is 23.2 Å². The average Bonchev–Trinajstić information content (AvgIpc) is 3.17. The molecule has 8 heteroatoms. The molecular formula is C20H19F2N3O3. The van der Waals surface area contributed by atoms with Gasteiger partial charge in [0.25, 0.3) is 11.8 Å². The molecule has 2 heterocycles. The van der Waals surface area contributed by atoms with Gasteiger partial charge in [0, 0.05) is 37.0 Å². The molecule has 2 aliphatic rings. The molecule has 0 bridgehead atoms. The lowest BCUT2D eigenvalue weighted by Crippen LogP contribution is -2.31. The van der Waals surface area contributed by atoms with Gasteiger partial charge in [-0.25, -0.2) is 8.78 Å². The van der Waals surface area contributed by atoms with Gasteiger partial charge >= 0.3 is 0 Å². The minimum Gasteiger partial charge on any atom is -0.482 e. The van der Waals surface area contributed by atoms with E-state index in [2.05, 4.69) is 10.6 Å². The largest absolute Gasteiger partial charge is 0.482 e. The molecule has 1 atom stereocenters. The van der Waals surface area contributed by atoms with E-state index in [1.165, 1.54) is 6.07 Å². The monoisotopic (exact) mass is 387 g/mol. The molecule has 146 valence electrons. The maximum Gasteiger partial charge on any atom is 0.262 e. The van der Waals surface area contributed by atoms with Crippen LogP contribution in [0.25, 0.3) is 0 Å². The van der Waals surface area contributed by atoms with Crippen LogP contribution in [0, 0.1) is 17.6 Å². The van der Waals surface area contributed by atoms with Gasteiger partial charge < -0.3 is 20.3 Å². The van der Waals surface area contributed by atoms with E-state index in [4.69, 9.17) is 4.74 Å². The van der Waals surface area contributed by atoms with Gasteiger partial charge in [0.05, 0.1) is 5.69 Å². The topological polar surface area (TPSA) is 70.7 Å². The van der Waals surface area contributed by atoms with Crippen molar-refractivity contribution < 1.29 is 23.1 Å². The predicted molar refractivity (Wildman–Crippen MR) is 99.6 cm³/mol. The van der Waals surface area contributed by atoms with Crippen molar-refractivity contribution in [2.24, 2.45) is 5.92 Å². The number of nitrogens with one attached hydrogen (secondary N) is 2.